The lowest BCUT2D eigenvalue weighted by molar-refractivity contribution is -0.120. The number of aromatic nitrogens is 1. The fraction of sp³-hybridized carbons (Fsp3) is 0.333. The quantitative estimate of drug-likeness (QED) is 0.700. The van der Waals surface area contributed by atoms with E-state index in [1.807, 2.05) is 30.3 Å². The standard InChI is InChI=1S/C21H22FN3OS/c1-2-14-7-3-4-10-17(14)23-20(26)15-8-6-12-25(13-15)21-24-19-16(22)9-5-11-18(19)27-21/h3-5,7,9-11,15H,2,6,8,12-13H2,1H3,(H,23,26). The van der Waals surface area contributed by atoms with Crippen LogP contribution in [0.4, 0.5) is 15.2 Å². The predicted molar refractivity (Wildman–Crippen MR) is 109 cm³/mol. The molecule has 1 saturated heterocycles. The number of aryl methyl sites for hydroxylation is 1. The van der Waals surface area contributed by atoms with Gasteiger partial charge in [0, 0.05) is 18.8 Å². The van der Waals surface area contributed by atoms with Crippen molar-refractivity contribution in [3.8, 4) is 0 Å². The van der Waals surface area contributed by atoms with Crippen molar-refractivity contribution in [2.75, 3.05) is 23.3 Å². The molecule has 3 aromatic rings. The monoisotopic (exact) mass is 383 g/mol. The fourth-order valence-electron chi connectivity index (χ4n) is 3.59. The Hall–Kier alpha value is -2.47. The number of thiazole rings is 1. The van der Waals surface area contributed by atoms with Crippen molar-refractivity contribution >= 4 is 38.3 Å². The predicted octanol–water partition coefficient (Wildman–Crippen LogP) is 4.85. The Bertz CT molecular complexity index is 971. The van der Waals surface area contributed by atoms with Crippen LogP contribution >= 0.6 is 11.3 Å². The summed E-state index contributed by atoms with van der Waals surface area (Å²) < 4.78 is 14.8. The third-order valence-electron chi connectivity index (χ3n) is 5.08. The minimum Gasteiger partial charge on any atom is -0.347 e. The van der Waals surface area contributed by atoms with E-state index in [4.69, 9.17) is 0 Å². The van der Waals surface area contributed by atoms with E-state index in [9.17, 15) is 9.18 Å². The topological polar surface area (TPSA) is 45.2 Å². The normalized spacial score (nSPS) is 17.3. The van der Waals surface area contributed by atoms with Gasteiger partial charge in [0.25, 0.3) is 0 Å². The number of para-hydroxylation sites is 2. The number of fused-ring (bicyclic) bond motifs is 1. The summed E-state index contributed by atoms with van der Waals surface area (Å²) in [5.41, 5.74) is 2.45. The summed E-state index contributed by atoms with van der Waals surface area (Å²) in [6.45, 7) is 3.54. The minimum absolute atomic E-state index is 0.0490. The molecule has 1 unspecified atom stereocenters. The SMILES string of the molecule is CCc1ccccc1NC(=O)C1CCCN(c2nc3c(F)cccc3s2)C1. The van der Waals surface area contributed by atoms with E-state index in [-0.39, 0.29) is 17.6 Å². The maximum absolute atomic E-state index is 13.9. The van der Waals surface area contributed by atoms with Crippen LogP contribution in [0.15, 0.2) is 42.5 Å². The van der Waals surface area contributed by atoms with Gasteiger partial charge in [0.1, 0.15) is 11.3 Å². The van der Waals surface area contributed by atoms with Gasteiger partial charge in [-0.25, -0.2) is 9.37 Å². The van der Waals surface area contributed by atoms with E-state index < -0.39 is 0 Å². The third-order valence-corrected chi connectivity index (χ3v) is 6.16. The van der Waals surface area contributed by atoms with Crippen molar-refractivity contribution in [1.29, 1.82) is 0 Å². The van der Waals surface area contributed by atoms with E-state index in [1.54, 1.807) is 6.07 Å². The molecular weight excluding hydrogens is 361 g/mol. The number of hydrogen-bond donors (Lipinski definition) is 1. The Morgan fingerprint density at radius 1 is 1.30 bits per heavy atom. The molecular formula is C21H22FN3OS. The van der Waals surface area contributed by atoms with Crippen molar-refractivity contribution < 1.29 is 9.18 Å². The maximum atomic E-state index is 13.9. The molecule has 2 heterocycles. The van der Waals surface area contributed by atoms with Gasteiger partial charge in [-0.3, -0.25) is 4.79 Å². The summed E-state index contributed by atoms with van der Waals surface area (Å²) >= 11 is 1.48. The number of benzene rings is 2. The van der Waals surface area contributed by atoms with Crippen LogP contribution in [0.2, 0.25) is 0 Å². The van der Waals surface area contributed by atoms with E-state index in [0.29, 0.717) is 12.1 Å². The third kappa shape index (κ3) is 3.67. The van der Waals surface area contributed by atoms with Crippen molar-refractivity contribution in [2.24, 2.45) is 5.92 Å². The number of rotatable bonds is 4. The first-order chi connectivity index (χ1) is 13.2. The molecule has 1 N–H and O–H groups in total. The van der Waals surface area contributed by atoms with Gasteiger partial charge in [0.05, 0.1) is 10.6 Å². The minimum atomic E-state index is -0.294. The highest BCUT2D eigenvalue weighted by molar-refractivity contribution is 7.22. The van der Waals surface area contributed by atoms with Crippen molar-refractivity contribution in [2.45, 2.75) is 26.2 Å². The summed E-state index contributed by atoms with van der Waals surface area (Å²) in [4.78, 5) is 19.4. The molecule has 0 spiro atoms. The number of hydrogen-bond acceptors (Lipinski definition) is 4. The largest absolute Gasteiger partial charge is 0.347 e. The van der Waals surface area contributed by atoms with Gasteiger partial charge in [-0.1, -0.05) is 42.5 Å². The van der Waals surface area contributed by atoms with E-state index in [2.05, 4.69) is 22.1 Å². The van der Waals surface area contributed by atoms with Crippen LogP contribution in [0.25, 0.3) is 10.2 Å². The first-order valence-electron chi connectivity index (χ1n) is 9.34. The molecule has 0 radical (unpaired) electrons. The summed E-state index contributed by atoms with van der Waals surface area (Å²) in [5.74, 6) is -0.342. The summed E-state index contributed by atoms with van der Waals surface area (Å²) in [7, 11) is 0. The molecule has 1 atom stereocenters. The molecule has 6 heteroatoms. The lowest BCUT2D eigenvalue weighted by Crippen LogP contribution is -2.40. The van der Waals surface area contributed by atoms with Crippen LogP contribution in [0.3, 0.4) is 0 Å². The molecule has 1 amide bonds. The molecule has 1 fully saturated rings. The average molecular weight is 383 g/mol. The first kappa shape index (κ1) is 17.9. The smallest absolute Gasteiger partial charge is 0.229 e. The highest BCUT2D eigenvalue weighted by Gasteiger charge is 2.28. The van der Waals surface area contributed by atoms with E-state index >= 15 is 0 Å². The Morgan fingerprint density at radius 3 is 2.96 bits per heavy atom. The number of anilines is 2. The van der Waals surface area contributed by atoms with Gasteiger partial charge in [-0.05, 0) is 43.0 Å². The number of piperidine rings is 1. The van der Waals surface area contributed by atoms with Crippen LogP contribution in [-0.4, -0.2) is 24.0 Å². The van der Waals surface area contributed by atoms with Gasteiger partial charge in [0.2, 0.25) is 5.91 Å². The fourth-order valence-corrected chi connectivity index (χ4v) is 4.60. The van der Waals surface area contributed by atoms with Crippen molar-refractivity contribution in [3.63, 3.8) is 0 Å². The van der Waals surface area contributed by atoms with E-state index in [1.165, 1.54) is 17.4 Å². The van der Waals surface area contributed by atoms with Crippen LogP contribution in [0.1, 0.15) is 25.3 Å². The molecule has 4 nitrogen and oxygen atoms in total. The van der Waals surface area contributed by atoms with Gasteiger partial charge >= 0.3 is 0 Å². The van der Waals surface area contributed by atoms with Crippen LogP contribution in [-0.2, 0) is 11.2 Å². The van der Waals surface area contributed by atoms with Crippen LogP contribution in [0, 0.1) is 11.7 Å². The summed E-state index contributed by atoms with van der Waals surface area (Å²) in [6, 6.07) is 12.9. The Morgan fingerprint density at radius 2 is 2.15 bits per heavy atom. The zero-order valence-corrected chi connectivity index (χ0v) is 16.1. The van der Waals surface area contributed by atoms with Gasteiger partial charge < -0.3 is 10.2 Å². The number of amides is 1. The first-order valence-corrected chi connectivity index (χ1v) is 10.2. The van der Waals surface area contributed by atoms with Crippen LogP contribution < -0.4 is 10.2 Å². The highest BCUT2D eigenvalue weighted by atomic mass is 32.1. The van der Waals surface area contributed by atoms with Gasteiger partial charge in [-0.15, -0.1) is 0 Å². The number of nitrogens with one attached hydrogen (secondary N) is 1. The molecule has 27 heavy (non-hydrogen) atoms. The average Bonchev–Trinajstić information content (AvgIpc) is 3.14. The number of halogens is 1. The molecule has 0 saturated carbocycles. The summed E-state index contributed by atoms with van der Waals surface area (Å²) in [5, 5.41) is 3.89. The second-order valence-corrected chi connectivity index (χ2v) is 7.88. The van der Waals surface area contributed by atoms with Gasteiger partial charge in [0.15, 0.2) is 5.13 Å². The Balaban J connectivity index is 1.50. The number of nitrogens with zero attached hydrogens (tertiary/aromatic N) is 2. The zero-order chi connectivity index (χ0) is 18.8. The molecule has 4 rings (SSSR count). The van der Waals surface area contributed by atoms with Gasteiger partial charge in [-0.2, -0.15) is 0 Å². The highest BCUT2D eigenvalue weighted by Crippen LogP contribution is 2.33. The number of carbonyl (C=O) groups is 1. The molecule has 0 aliphatic carbocycles. The molecule has 0 bridgehead atoms. The molecule has 1 aliphatic heterocycles. The van der Waals surface area contributed by atoms with Crippen LogP contribution in [0.5, 0.6) is 0 Å². The maximum Gasteiger partial charge on any atom is 0.229 e. The lowest BCUT2D eigenvalue weighted by Gasteiger charge is -2.31. The van der Waals surface area contributed by atoms with Crippen molar-refractivity contribution in [1.82, 2.24) is 4.98 Å². The lowest BCUT2D eigenvalue weighted by atomic mass is 9.97. The second kappa shape index (κ2) is 7.64. The molecule has 140 valence electrons. The summed E-state index contributed by atoms with van der Waals surface area (Å²) in [6.07, 6.45) is 2.66. The Labute approximate surface area is 162 Å². The molecule has 1 aromatic heterocycles. The van der Waals surface area contributed by atoms with E-state index in [0.717, 1.165) is 46.9 Å². The molecule has 1 aliphatic rings. The van der Waals surface area contributed by atoms with Crippen molar-refractivity contribution in [3.05, 3.63) is 53.8 Å². The number of carbonyl (C=O) groups excluding carboxylic acids is 1. The zero-order valence-electron chi connectivity index (χ0n) is 15.2. The Kier molecular flexibility index (Phi) is 5.07. The molecule has 2 aromatic carbocycles. The second-order valence-electron chi connectivity index (χ2n) is 6.87.